The minimum atomic E-state index is -0.831. The number of benzene rings is 2. The first kappa shape index (κ1) is 18.4. The van der Waals surface area contributed by atoms with Crippen molar-refractivity contribution in [2.24, 2.45) is 0 Å². The van der Waals surface area contributed by atoms with Gasteiger partial charge in [0.15, 0.2) is 0 Å². The van der Waals surface area contributed by atoms with Gasteiger partial charge in [0.25, 0.3) is 5.56 Å². The first-order valence-electron chi connectivity index (χ1n) is 9.29. The molecule has 3 aromatic rings. The van der Waals surface area contributed by atoms with Crippen LogP contribution in [-0.4, -0.2) is 28.5 Å². The van der Waals surface area contributed by atoms with Crippen LogP contribution in [0.15, 0.2) is 53.3 Å². The molecule has 2 heterocycles. The molecule has 0 aliphatic carbocycles. The van der Waals surface area contributed by atoms with Crippen LogP contribution in [0.2, 0.25) is 0 Å². The molecule has 1 fully saturated rings. The molecule has 0 spiro atoms. The average molecular weight is 379 g/mol. The highest BCUT2D eigenvalue weighted by Gasteiger charge is 2.30. The first-order chi connectivity index (χ1) is 13.6. The Kier molecular flexibility index (Phi) is 4.96. The SMILES string of the molecule is COc1cccc(C2CCN2Cc2ccccc2-c2nc(C)c(F)c(=O)[nH]2)c1. The maximum atomic E-state index is 13.7. The topological polar surface area (TPSA) is 58.2 Å². The third kappa shape index (κ3) is 3.43. The van der Waals surface area contributed by atoms with Gasteiger partial charge in [-0.1, -0.05) is 36.4 Å². The summed E-state index contributed by atoms with van der Waals surface area (Å²) in [6, 6.07) is 16.3. The highest BCUT2D eigenvalue weighted by Crippen LogP contribution is 2.36. The Morgan fingerprint density at radius 3 is 2.79 bits per heavy atom. The number of H-pyrrole nitrogens is 1. The van der Waals surface area contributed by atoms with E-state index in [4.69, 9.17) is 4.74 Å². The normalized spacial score (nSPS) is 16.6. The minimum Gasteiger partial charge on any atom is -0.497 e. The lowest BCUT2D eigenvalue weighted by Crippen LogP contribution is -2.40. The molecule has 1 aliphatic heterocycles. The Hall–Kier alpha value is -2.99. The summed E-state index contributed by atoms with van der Waals surface area (Å²) in [6.45, 7) is 3.21. The molecule has 1 aromatic heterocycles. The zero-order chi connectivity index (χ0) is 19.7. The molecule has 144 valence electrons. The summed E-state index contributed by atoms with van der Waals surface area (Å²) in [7, 11) is 1.67. The van der Waals surface area contributed by atoms with E-state index >= 15 is 0 Å². The van der Waals surface area contributed by atoms with Gasteiger partial charge in [-0.15, -0.1) is 0 Å². The number of aromatic amines is 1. The van der Waals surface area contributed by atoms with Gasteiger partial charge in [-0.3, -0.25) is 9.69 Å². The second-order valence-electron chi connectivity index (χ2n) is 7.02. The van der Waals surface area contributed by atoms with Crippen molar-refractivity contribution in [2.45, 2.75) is 25.9 Å². The van der Waals surface area contributed by atoms with Gasteiger partial charge in [-0.25, -0.2) is 4.98 Å². The summed E-state index contributed by atoms with van der Waals surface area (Å²) in [4.78, 5) is 21.0. The Bertz CT molecular complexity index is 1060. The largest absolute Gasteiger partial charge is 0.497 e. The summed E-state index contributed by atoms with van der Waals surface area (Å²) in [5.41, 5.74) is 2.46. The molecule has 5 nitrogen and oxygen atoms in total. The summed E-state index contributed by atoms with van der Waals surface area (Å²) in [5.74, 6) is 0.424. The maximum absolute atomic E-state index is 13.7. The number of methoxy groups -OCH3 is 1. The molecule has 0 radical (unpaired) electrons. The van der Waals surface area contributed by atoms with E-state index in [0.29, 0.717) is 11.9 Å². The monoisotopic (exact) mass is 379 g/mol. The van der Waals surface area contributed by atoms with Crippen LogP contribution in [0, 0.1) is 12.7 Å². The summed E-state index contributed by atoms with van der Waals surface area (Å²) in [5, 5.41) is 0. The van der Waals surface area contributed by atoms with Gasteiger partial charge in [0.05, 0.1) is 12.8 Å². The molecular formula is C22H22FN3O2. The summed E-state index contributed by atoms with van der Waals surface area (Å²) in [6.07, 6.45) is 1.08. The molecule has 1 N–H and O–H groups in total. The van der Waals surface area contributed by atoms with Crippen LogP contribution in [0.25, 0.3) is 11.4 Å². The molecule has 1 saturated heterocycles. The van der Waals surface area contributed by atoms with E-state index in [1.54, 1.807) is 7.11 Å². The van der Waals surface area contributed by atoms with Crippen LogP contribution in [0.3, 0.4) is 0 Å². The van der Waals surface area contributed by atoms with Crippen molar-refractivity contribution in [2.75, 3.05) is 13.7 Å². The number of hydrogen-bond donors (Lipinski definition) is 1. The summed E-state index contributed by atoms with van der Waals surface area (Å²) < 4.78 is 19.0. The van der Waals surface area contributed by atoms with Crippen LogP contribution in [0.5, 0.6) is 5.75 Å². The second-order valence-corrected chi connectivity index (χ2v) is 7.02. The molecule has 28 heavy (non-hydrogen) atoms. The molecule has 0 bridgehead atoms. The minimum absolute atomic E-state index is 0.103. The van der Waals surface area contributed by atoms with Gasteiger partial charge in [-0.05, 0) is 36.6 Å². The number of likely N-dealkylation sites (tertiary alicyclic amines) is 1. The predicted octanol–water partition coefficient (Wildman–Crippen LogP) is 3.84. The number of aromatic nitrogens is 2. The highest BCUT2D eigenvalue weighted by atomic mass is 19.1. The van der Waals surface area contributed by atoms with Gasteiger partial charge < -0.3 is 9.72 Å². The number of nitrogens with one attached hydrogen (secondary N) is 1. The van der Waals surface area contributed by atoms with Crippen molar-refractivity contribution in [3.63, 3.8) is 0 Å². The number of nitrogens with zero attached hydrogens (tertiary/aromatic N) is 2. The molecule has 0 saturated carbocycles. The van der Waals surface area contributed by atoms with E-state index in [0.717, 1.165) is 36.4 Å². The van der Waals surface area contributed by atoms with Crippen LogP contribution in [0.4, 0.5) is 4.39 Å². The quantitative estimate of drug-likeness (QED) is 0.732. The smallest absolute Gasteiger partial charge is 0.287 e. The zero-order valence-corrected chi connectivity index (χ0v) is 15.9. The second kappa shape index (κ2) is 7.56. The molecule has 4 rings (SSSR count). The summed E-state index contributed by atoms with van der Waals surface area (Å²) >= 11 is 0. The Morgan fingerprint density at radius 1 is 1.25 bits per heavy atom. The molecular weight excluding hydrogens is 357 g/mol. The van der Waals surface area contributed by atoms with Gasteiger partial charge in [0, 0.05) is 24.7 Å². The van der Waals surface area contributed by atoms with Gasteiger partial charge >= 0.3 is 0 Å². The van der Waals surface area contributed by atoms with Crippen LogP contribution in [0.1, 0.15) is 29.3 Å². The maximum Gasteiger partial charge on any atom is 0.287 e. The number of rotatable bonds is 5. The number of ether oxygens (including phenoxy) is 1. The number of hydrogen-bond acceptors (Lipinski definition) is 4. The predicted molar refractivity (Wildman–Crippen MR) is 106 cm³/mol. The fourth-order valence-corrected chi connectivity index (χ4v) is 3.66. The van der Waals surface area contributed by atoms with E-state index < -0.39 is 11.4 Å². The van der Waals surface area contributed by atoms with Crippen molar-refractivity contribution in [3.05, 3.63) is 81.5 Å². The molecule has 1 unspecified atom stereocenters. The van der Waals surface area contributed by atoms with Gasteiger partial charge in [-0.2, -0.15) is 4.39 Å². The van der Waals surface area contributed by atoms with Crippen molar-refractivity contribution in [1.82, 2.24) is 14.9 Å². The van der Waals surface area contributed by atoms with Crippen molar-refractivity contribution >= 4 is 0 Å². The van der Waals surface area contributed by atoms with E-state index in [1.807, 2.05) is 36.4 Å². The van der Waals surface area contributed by atoms with E-state index in [-0.39, 0.29) is 5.69 Å². The molecule has 0 amide bonds. The Labute approximate surface area is 162 Å². The van der Waals surface area contributed by atoms with E-state index in [1.165, 1.54) is 12.5 Å². The number of aryl methyl sites for hydroxylation is 1. The lowest BCUT2D eigenvalue weighted by atomic mass is 9.93. The molecule has 6 heteroatoms. The zero-order valence-electron chi connectivity index (χ0n) is 15.9. The fourth-order valence-electron chi connectivity index (χ4n) is 3.66. The van der Waals surface area contributed by atoms with Gasteiger partial charge in [0.1, 0.15) is 11.6 Å². The van der Waals surface area contributed by atoms with Crippen LogP contribution >= 0.6 is 0 Å². The van der Waals surface area contributed by atoms with E-state index in [2.05, 4.69) is 27.0 Å². The van der Waals surface area contributed by atoms with Crippen LogP contribution in [-0.2, 0) is 6.54 Å². The average Bonchev–Trinajstić information content (AvgIpc) is 2.69. The van der Waals surface area contributed by atoms with Gasteiger partial charge in [0.2, 0.25) is 5.82 Å². The third-order valence-electron chi connectivity index (χ3n) is 5.28. The van der Waals surface area contributed by atoms with E-state index in [9.17, 15) is 9.18 Å². The first-order valence-corrected chi connectivity index (χ1v) is 9.29. The van der Waals surface area contributed by atoms with Crippen molar-refractivity contribution in [1.29, 1.82) is 0 Å². The Morgan fingerprint density at radius 2 is 2.07 bits per heavy atom. The van der Waals surface area contributed by atoms with Crippen molar-refractivity contribution in [3.8, 4) is 17.1 Å². The standard InChI is InChI=1S/C22H22FN3O2/c1-14-20(23)22(27)25-21(24-14)18-9-4-3-6-16(18)13-26-11-10-19(26)15-7-5-8-17(12-15)28-2/h3-9,12,19H,10-11,13H2,1-2H3,(H,24,25,27). The highest BCUT2D eigenvalue weighted by molar-refractivity contribution is 5.60. The van der Waals surface area contributed by atoms with Crippen molar-refractivity contribution < 1.29 is 9.13 Å². The third-order valence-corrected chi connectivity index (χ3v) is 5.28. The number of halogens is 1. The molecule has 1 atom stereocenters. The lowest BCUT2D eigenvalue weighted by molar-refractivity contribution is 0.0819. The lowest BCUT2D eigenvalue weighted by Gasteiger charge is -2.41. The molecule has 1 aliphatic rings. The fraction of sp³-hybridized carbons (Fsp3) is 0.273. The molecule has 2 aromatic carbocycles. The van der Waals surface area contributed by atoms with Crippen LogP contribution < -0.4 is 10.3 Å². The Balaban J connectivity index is 1.62.